The largest absolute Gasteiger partial charge is 0.375 e. The van der Waals surface area contributed by atoms with Crippen LogP contribution in [-0.2, 0) is 11.2 Å². The molecule has 96 valence electrons. The van der Waals surface area contributed by atoms with Gasteiger partial charge in [0.25, 0.3) is 0 Å². The summed E-state index contributed by atoms with van der Waals surface area (Å²) in [4.78, 5) is 4.37. The summed E-state index contributed by atoms with van der Waals surface area (Å²) in [6.07, 6.45) is 0.894. The van der Waals surface area contributed by atoms with Crippen LogP contribution in [0.5, 0.6) is 0 Å². The van der Waals surface area contributed by atoms with E-state index in [4.69, 9.17) is 4.74 Å². The average molecular weight is 263 g/mol. The van der Waals surface area contributed by atoms with Crippen molar-refractivity contribution >= 4 is 16.7 Å². The molecule has 5 heteroatoms. The van der Waals surface area contributed by atoms with E-state index in [1.165, 1.54) is 11.5 Å². The van der Waals surface area contributed by atoms with Gasteiger partial charge in [0, 0.05) is 31.6 Å². The van der Waals surface area contributed by atoms with Gasteiger partial charge in [-0.3, -0.25) is 0 Å². The highest BCUT2D eigenvalue weighted by molar-refractivity contribution is 7.09. The highest BCUT2D eigenvalue weighted by Crippen LogP contribution is 2.18. The zero-order valence-electron chi connectivity index (χ0n) is 10.6. The third-order valence-corrected chi connectivity index (χ3v) is 3.39. The summed E-state index contributed by atoms with van der Waals surface area (Å²) in [5.41, 5.74) is 1.16. The van der Waals surface area contributed by atoms with Crippen molar-refractivity contribution < 1.29 is 4.74 Å². The molecule has 1 heterocycles. The Morgan fingerprint density at radius 3 is 2.72 bits per heavy atom. The molecule has 1 N–H and O–H groups in total. The zero-order valence-corrected chi connectivity index (χ0v) is 11.4. The zero-order chi connectivity index (χ0) is 12.8. The summed E-state index contributed by atoms with van der Waals surface area (Å²) in [7, 11) is 1.72. The third kappa shape index (κ3) is 3.27. The molecule has 2 rings (SSSR count). The molecule has 0 radical (unpaired) electrons. The fraction of sp³-hybridized carbons (Fsp3) is 0.385. The molecule has 0 amide bonds. The molecule has 0 aliphatic carbocycles. The molecule has 0 aliphatic heterocycles. The van der Waals surface area contributed by atoms with Crippen LogP contribution >= 0.6 is 11.5 Å². The van der Waals surface area contributed by atoms with Crippen LogP contribution in [0.15, 0.2) is 30.3 Å². The molecule has 0 spiro atoms. The molecule has 4 nitrogen and oxygen atoms in total. The Morgan fingerprint density at radius 2 is 2.11 bits per heavy atom. The Hall–Kier alpha value is -1.46. The van der Waals surface area contributed by atoms with E-state index in [-0.39, 0.29) is 6.10 Å². The van der Waals surface area contributed by atoms with E-state index in [2.05, 4.69) is 26.8 Å². The molecular weight excluding hydrogens is 246 g/mol. The second-order valence-corrected chi connectivity index (χ2v) is 4.64. The van der Waals surface area contributed by atoms with Crippen molar-refractivity contribution in [3.63, 3.8) is 0 Å². The molecule has 0 saturated heterocycles. The summed E-state index contributed by atoms with van der Waals surface area (Å²) in [6.45, 7) is 2.74. The van der Waals surface area contributed by atoms with Crippen LogP contribution in [0.2, 0.25) is 0 Å². The first-order valence-corrected chi connectivity index (χ1v) is 6.75. The Bertz CT molecular complexity index is 472. The quantitative estimate of drug-likeness (QED) is 0.870. The number of aryl methyl sites for hydroxylation is 1. The van der Waals surface area contributed by atoms with Gasteiger partial charge in [0.1, 0.15) is 5.82 Å². The number of nitrogens with one attached hydrogen (secondary N) is 1. The standard InChI is InChI=1S/C13H17N3OS/c1-3-12-15-13(18-16-12)14-9-11(17-2)10-7-5-4-6-8-10/h4-8,11H,3,9H2,1-2H3,(H,14,15,16). The van der Waals surface area contributed by atoms with Crippen molar-refractivity contribution in [2.75, 3.05) is 19.0 Å². The second kappa shape index (κ2) is 6.47. The molecule has 1 atom stereocenters. The van der Waals surface area contributed by atoms with Crippen molar-refractivity contribution in [3.05, 3.63) is 41.7 Å². The first kappa shape index (κ1) is 13.0. The molecule has 18 heavy (non-hydrogen) atoms. The topological polar surface area (TPSA) is 47.0 Å². The van der Waals surface area contributed by atoms with E-state index in [0.29, 0.717) is 6.54 Å². The maximum atomic E-state index is 5.49. The number of hydrogen-bond donors (Lipinski definition) is 1. The molecule has 0 bridgehead atoms. The van der Waals surface area contributed by atoms with Crippen LogP contribution < -0.4 is 5.32 Å². The predicted octanol–water partition coefficient (Wildman–Crippen LogP) is 2.90. The minimum atomic E-state index is 0.0279. The monoisotopic (exact) mass is 263 g/mol. The Kier molecular flexibility index (Phi) is 4.66. The van der Waals surface area contributed by atoms with E-state index < -0.39 is 0 Å². The Labute approximate surface area is 111 Å². The second-order valence-electron chi connectivity index (χ2n) is 3.89. The van der Waals surface area contributed by atoms with Crippen LogP contribution in [0.25, 0.3) is 0 Å². The van der Waals surface area contributed by atoms with Crippen LogP contribution in [0, 0.1) is 0 Å². The summed E-state index contributed by atoms with van der Waals surface area (Å²) in [6, 6.07) is 10.2. The Morgan fingerprint density at radius 1 is 1.33 bits per heavy atom. The van der Waals surface area contributed by atoms with Gasteiger partial charge in [0.15, 0.2) is 0 Å². The lowest BCUT2D eigenvalue weighted by molar-refractivity contribution is 0.114. The van der Waals surface area contributed by atoms with E-state index in [1.54, 1.807) is 7.11 Å². The number of benzene rings is 1. The maximum absolute atomic E-state index is 5.49. The van der Waals surface area contributed by atoms with Crippen molar-refractivity contribution in [1.82, 2.24) is 9.36 Å². The highest BCUT2D eigenvalue weighted by Gasteiger charge is 2.10. The van der Waals surface area contributed by atoms with E-state index >= 15 is 0 Å². The van der Waals surface area contributed by atoms with Crippen molar-refractivity contribution in [3.8, 4) is 0 Å². The lowest BCUT2D eigenvalue weighted by atomic mass is 10.1. The predicted molar refractivity (Wildman–Crippen MR) is 74.0 cm³/mol. The SMILES string of the molecule is CCc1nsc(NCC(OC)c2ccccc2)n1. The van der Waals surface area contributed by atoms with Gasteiger partial charge in [-0.25, -0.2) is 4.98 Å². The van der Waals surface area contributed by atoms with Crippen molar-refractivity contribution in [2.45, 2.75) is 19.4 Å². The molecular formula is C13H17N3OS. The van der Waals surface area contributed by atoms with Gasteiger partial charge >= 0.3 is 0 Å². The van der Waals surface area contributed by atoms with E-state index in [1.807, 2.05) is 25.1 Å². The van der Waals surface area contributed by atoms with Gasteiger partial charge in [0.05, 0.1) is 6.10 Å². The molecule has 0 fully saturated rings. The number of anilines is 1. The summed E-state index contributed by atoms with van der Waals surface area (Å²) >= 11 is 1.39. The maximum Gasteiger partial charge on any atom is 0.202 e. The van der Waals surface area contributed by atoms with E-state index in [0.717, 1.165) is 22.9 Å². The molecule has 1 unspecified atom stereocenters. The number of nitrogens with zero attached hydrogens (tertiary/aromatic N) is 2. The molecule has 2 aromatic rings. The van der Waals surface area contributed by atoms with Crippen LogP contribution in [0.4, 0.5) is 5.13 Å². The van der Waals surface area contributed by atoms with Gasteiger partial charge in [-0.2, -0.15) is 4.37 Å². The lowest BCUT2D eigenvalue weighted by Crippen LogP contribution is -2.14. The third-order valence-electron chi connectivity index (χ3n) is 2.68. The number of hydrogen-bond acceptors (Lipinski definition) is 5. The van der Waals surface area contributed by atoms with Gasteiger partial charge < -0.3 is 10.1 Å². The van der Waals surface area contributed by atoms with Crippen LogP contribution in [0.1, 0.15) is 24.4 Å². The number of rotatable bonds is 6. The van der Waals surface area contributed by atoms with Crippen molar-refractivity contribution in [2.24, 2.45) is 0 Å². The molecule has 1 aromatic carbocycles. The number of aromatic nitrogens is 2. The van der Waals surface area contributed by atoms with Gasteiger partial charge in [-0.05, 0) is 5.56 Å². The number of ether oxygens (including phenoxy) is 1. The smallest absolute Gasteiger partial charge is 0.202 e. The van der Waals surface area contributed by atoms with Crippen LogP contribution in [-0.4, -0.2) is 23.0 Å². The summed E-state index contributed by atoms with van der Waals surface area (Å²) in [5, 5.41) is 4.12. The minimum Gasteiger partial charge on any atom is -0.375 e. The van der Waals surface area contributed by atoms with Crippen molar-refractivity contribution in [1.29, 1.82) is 0 Å². The molecule has 1 aromatic heterocycles. The summed E-state index contributed by atoms with van der Waals surface area (Å²) in [5.74, 6) is 0.885. The minimum absolute atomic E-state index is 0.0279. The Balaban J connectivity index is 1.95. The average Bonchev–Trinajstić information content (AvgIpc) is 2.89. The first-order chi connectivity index (χ1) is 8.83. The normalized spacial score (nSPS) is 12.3. The molecule has 0 saturated carbocycles. The van der Waals surface area contributed by atoms with Gasteiger partial charge in [-0.15, -0.1) is 0 Å². The fourth-order valence-electron chi connectivity index (χ4n) is 1.65. The van der Waals surface area contributed by atoms with E-state index in [9.17, 15) is 0 Å². The van der Waals surface area contributed by atoms with Gasteiger partial charge in [0.2, 0.25) is 5.13 Å². The van der Waals surface area contributed by atoms with Crippen LogP contribution in [0.3, 0.4) is 0 Å². The summed E-state index contributed by atoms with van der Waals surface area (Å²) < 4.78 is 9.72. The van der Waals surface area contributed by atoms with Gasteiger partial charge in [-0.1, -0.05) is 37.3 Å². The number of methoxy groups -OCH3 is 1. The lowest BCUT2D eigenvalue weighted by Gasteiger charge is -2.15. The highest BCUT2D eigenvalue weighted by atomic mass is 32.1. The first-order valence-electron chi connectivity index (χ1n) is 5.97. The molecule has 0 aliphatic rings. The fourth-order valence-corrected chi connectivity index (χ4v) is 2.31.